The molecule has 0 radical (unpaired) electrons. The lowest BCUT2D eigenvalue weighted by molar-refractivity contribution is -0.116. The van der Waals surface area contributed by atoms with E-state index in [1.54, 1.807) is 20.2 Å². The zero-order valence-corrected chi connectivity index (χ0v) is 8.73. The van der Waals surface area contributed by atoms with E-state index in [1.165, 1.54) is 0 Å². The number of nitrogens with zero attached hydrogens (tertiary/aromatic N) is 2. The quantitative estimate of drug-likeness (QED) is 0.760. The maximum Gasteiger partial charge on any atom is 0.137 e. The van der Waals surface area contributed by atoms with Gasteiger partial charge in [-0.15, -0.1) is 0 Å². The first-order valence-corrected chi connectivity index (χ1v) is 4.70. The molecule has 0 fully saturated rings. The van der Waals surface area contributed by atoms with E-state index >= 15 is 0 Å². The number of ketones is 1. The van der Waals surface area contributed by atoms with Gasteiger partial charge in [-0.05, 0) is 13.0 Å². The predicted octanol–water partition coefficient (Wildman–Crippen LogP) is 1.47. The van der Waals surface area contributed by atoms with E-state index in [4.69, 9.17) is 4.74 Å². The molecule has 0 aliphatic heterocycles. The van der Waals surface area contributed by atoms with Crippen molar-refractivity contribution in [1.29, 1.82) is 0 Å². The molecule has 4 heteroatoms. The number of imidazole rings is 1. The molecule has 0 unspecified atom stereocenters. The van der Waals surface area contributed by atoms with Crippen molar-refractivity contribution in [3.05, 3.63) is 30.4 Å². The van der Waals surface area contributed by atoms with Gasteiger partial charge in [0.2, 0.25) is 0 Å². The number of aromatic nitrogens is 2. The average molecular weight is 204 g/mol. The summed E-state index contributed by atoms with van der Waals surface area (Å²) in [5.41, 5.74) is 0.936. The van der Waals surface area contributed by atoms with Gasteiger partial charge in [0.15, 0.2) is 0 Å². The van der Waals surface area contributed by atoms with Gasteiger partial charge >= 0.3 is 0 Å². The summed E-state index contributed by atoms with van der Waals surface area (Å²) in [7, 11) is 1.62. The summed E-state index contributed by atoms with van der Waals surface area (Å²) in [4.78, 5) is 15.2. The molecule has 0 amide bonds. The molecule has 0 bridgehead atoms. The molecule has 4 nitrogen and oxygen atoms in total. The predicted molar refractivity (Wildman–Crippen MR) is 56.1 cm³/mol. The van der Waals surface area contributed by atoms with Crippen LogP contribution in [0.3, 0.4) is 0 Å². The maximum atomic E-state index is 11.0. The molecule has 2 aromatic heterocycles. The summed E-state index contributed by atoms with van der Waals surface area (Å²) in [5, 5.41) is 0. The van der Waals surface area contributed by atoms with Gasteiger partial charge < -0.3 is 9.14 Å². The molecule has 0 spiro atoms. The van der Waals surface area contributed by atoms with E-state index < -0.39 is 0 Å². The van der Waals surface area contributed by atoms with Crippen molar-refractivity contribution in [3.8, 4) is 5.75 Å². The molecule has 2 rings (SSSR count). The van der Waals surface area contributed by atoms with Crippen molar-refractivity contribution in [2.75, 3.05) is 7.11 Å². The van der Waals surface area contributed by atoms with Crippen molar-refractivity contribution in [1.82, 2.24) is 9.38 Å². The van der Waals surface area contributed by atoms with Crippen LogP contribution in [0.1, 0.15) is 12.7 Å². The Kier molecular flexibility index (Phi) is 2.41. The van der Waals surface area contributed by atoms with Crippen molar-refractivity contribution >= 4 is 11.3 Å². The third-order valence-electron chi connectivity index (χ3n) is 2.22. The Morgan fingerprint density at radius 3 is 3.07 bits per heavy atom. The third-order valence-corrected chi connectivity index (χ3v) is 2.22. The number of hydrogen-bond acceptors (Lipinski definition) is 3. The Morgan fingerprint density at radius 2 is 2.40 bits per heavy atom. The van der Waals surface area contributed by atoms with Crippen LogP contribution in [0.4, 0.5) is 0 Å². The summed E-state index contributed by atoms with van der Waals surface area (Å²) in [6.45, 7) is 1.56. The third kappa shape index (κ3) is 1.83. The fourth-order valence-corrected chi connectivity index (χ4v) is 1.52. The first-order valence-electron chi connectivity index (χ1n) is 4.70. The first-order chi connectivity index (χ1) is 7.20. The lowest BCUT2D eigenvalue weighted by Gasteiger charge is -2.01. The van der Waals surface area contributed by atoms with Crippen molar-refractivity contribution < 1.29 is 9.53 Å². The highest BCUT2D eigenvalue weighted by atomic mass is 16.5. The topological polar surface area (TPSA) is 43.6 Å². The monoisotopic (exact) mass is 204 g/mol. The highest BCUT2D eigenvalue weighted by molar-refractivity contribution is 5.77. The highest BCUT2D eigenvalue weighted by Crippen LogP contribution is 2.15. The Morgan fingerprint density at radius 1 is 1.60 bits per heavy atom. The Hall–Kier alpha value is -1.84. The fourth-order valence-electron chi connectivity index (χ4n) is 1.52. The number of pyridine rings is 1. The minimum Gasteiger partial charge on any atom is -0.497 e. The van der Waals surface area contributed by atoms with Crippen LogP contribution >= 0.6 is 0 Å². The minimum atomic E-state index is 0.110. The molecular weight excluding hydrogens is 192 g/mol. The summed E-state index contributed by atoms with van der Waals surface area (Å²) < 4.78 is 7.00. The van der Waals surface area contributed by atoms with Gasteiger partial charge in [0.05, 0.1) is 25.2 Å². The molecule has 0 aliphatic carbocycles. The summed E-state index contributed by atoms with van der Waals surface area (Å²) in [6.07, 6.45) is 3.96. The second kappa shape index (κ2) is 3.73. The number of carbonyl (C=O) groups excluding carboxylic acids is 1. The van der Waals surface area contributed by atoms with Crippen LogP contribution in [-0.2, 0) is 11.2 Å². The molecule has 0 aliphatic rings. The standard InChI is InChI=1S/C11H12N2O2/c1-8(14)5-11-12-7-9-6-10(15-2)3-4-13(9)11/h3-4,6-7H,5H2,1-2H3. The molecule has 2 heterocycles. The molecule has 2 aromatic rings. The van der Waals surface area contributed by atoms with E-state index in [9.17, 15) is 4.79 Å². The molecule has 0 N–H and O–H groups in total. The van der Waals surface area contributed by atoms with Crippen LogP contribution in [0.2, 0.25) is 0 Å². The van der Waals surface area contributed by atoms with Crippen LogP contribution in [0.15, 0.2) is 24.5 Å². The number of fused-ring (bicyclic) bond motifs is 1. The van der Waals surface area contributed by atoms with Gasteiger partial charge in [-0.3, -0.25) is 4.79 Å². The van der Waals surface area contributed by atoms with Crippen LogP contribution in [0, 0.1) is 0 Å². The minimum absolute atomic E-state index is 0.110. The number of rotatable bonds is 3. The normalized spacial score (nSPS) is 10.5. The second-order valence-corrected chi connectivity index (χ2v) is 3.41. The Bertz CT molecular complexity index is 502. The van der Waals surface area contributed by atoms with E-state index in [0.29, 0.717) is 6.42 Å². The lowest BCUT2D eigenvalue weighted by atomic mass is 10.3. The Labute approximate surface area is 87.5 Å². The smallest absolute Gasteiger partial charge is 0.137 e. The second-order valence-electron chi connectivity index (χ2n) is 3.41. The summed E-state index contributed by atoms with van der Waals surface area (Å²) in [5.74, 6) is 1.66. The van der Waals surface area contributed by atoms with Gasteiger partial charge in [0.1, 0.15) is 17.4 Å². The number of ether oxygens (including phenoxy) is 1. The molecule has 78 valence electrons. The molecule has 0 saturated heterocycles. The SMILES string of the molecule is COc1ccn2c(CC(C)=O)ncc2c1. The lowest BCUT2D eigenvalue weighted by Crippen LogP contribution is -2.01. The summed E-state index contributed by atoms with van der Waals surface area (Å²) >= 11 is 0. The fraction of sp³-hybridized carbons (Fsp3) is 0.273. The maximum absolute atomic E-state index is 11.0. The number of methoxy groups -OCH3 is 1. The summed E-state index contributed by atoms with van der Waals surface area (Å²) in [6, 6.07) is 3.73. The van der Waals surface area contributed by atoms with Gasteiger partial charge in [0.25, 0.3) is 0 Å². The average Bonchev–Trinajstić information content (AvgIpc) is 2.60. The van der Waals surface area contributed by atoms with Gasteiger partial charge in [-0.2, -0.15) is 0 Å². The van der Waals surface area contributed by atoms with Crippen molar-refractivity contribution in [2.24, 2.45) is 0 Å². The number of carbonyl (C=O) groups is 1. The molecule has 15 heavy (non-hydrogen) atoms. The zero-order valence-electron chi connectivity index (χ0n) is 8.73. The first kappa shape index (κ1) is 9.71. The van der Waals surface area contributed by atoms with Crippen LogP contribution in [0.5, 0.6) is 5.75 Å². The highest BCUT2D eigenvalue weighted by Gasteiger charge is 2.06. The largest absolute Gasteiger partial charge is 0.497 e. The van der Waals surface area contributed by atoms with Gasteiger partial charge in [0, 0.05) is 12.3 Å². The van der Waals surface area contributed by atoms with Crippen molar-refractivity contribution in [3.63, 3.8) is 0 Å². The van der Waals surface area contributed by atoms with E-state index in [-0.39, 0.29) is 5.78 Å². The van der Waals surface area contributed by atoms with Gasteiger partial charge in [-0.1, -0.05) is 0 Å². The van der Waals surface area contributed by atoms with E-state index in [0.717, 1.165) is 17.1 Å². The van der Waals surface area contributed by atoms with Gasteiger partial charge in [-0.25, -0.2) is 4.98 Å². The number of hydrogen-bond donors (Lipinski definition) is 0. The van der Waals surface area contributed by atoms with E-state index in [1.807, 2.05) is 22.7 Å². The molecule has 0 saturated carbocycles. The number of Topliss-reactive ketones (excluding diaryl/α,β-unsaturated/α-hetero) is 1. The van der Waals surface area contributed by atoms with E-state index in [2.05, 4.69) is 4.98 Å². The zero-order chi connectivity index (χ0) is 10.8. The van der Waals surface area contributed by atoms with Crippen LogP contribution in [0.25, 0.3) is 5.52 Å². The van der Waals surface area contributed by atoms with Crippen molar-refractivity contribution in [2.45, 2.75) is 13.3 Å². The molecule has 0 atom stereocenters. The van der Waals surface area contributed by atoms with Crippen LogP contribution < -0.4 is 4.74 Å². The van der Waals surface area contributed by atoms with Crippen LogP contribution in [-0.4, -0.2) is 22.3 Å². The molecular formula is C11H12N2O2. The Balaban J connectivity index is 2.47. The molecule has 0 aromatic carbocycles.